The number of aryl methyl sites for hydroxylation is 1. The zero-order chi connectivity index (χ0) is 18.2. The molecule has 2 aromatic rings. The summed E-state index contributed by atoms with van der Waals surface area (Å²) in [5.74, 6) is 0.668. The summed E-state index contributed by atoms with van der Waals surface area (Å²) in [5.41, 5.74) is 3.39. The minimum atomic E-state index is -3.54. The molecule has 0 atom stereocenters. The SMILES string of the molecule is Cc1cc(CNS(=O)(=O)c2ccc(OC(C)C)cc2)c(C)n1C1CC1. The molecule has 1 saturated carbocycles. The van der Waals surface area contributed by atoms with Crippen molar-refractivity contribution in [1.82, 2.24) is 9.29 Å². The zero-order valence-corrected chi connectivity index (χ0v) is 16.1. The van der Waals surface area contributed by atoms with E-state index in [4.69, 9.17) is 4.74 Å². The molecule has 136 valence electrons. The van der Waals surface area contributed by atoms with Gasteiger partial charge >= 0.3 is 0 Å². The topological polar surface area (TPSA) is 60.3 Å². The Morgan fingerprint density at radius 2 is 1.84 bits per heavy atom. The van der Waals surface area contributed by atoms with Crippen LogP contribution in [0.2, 0.25) is 0 Å². The maximum absolute atomic E-state index is 12.5. The van der Waals surface area contributed by atoms with Gasteiger partial charge in [0.25, 0.3) is 0 Å². The second kappa shape index (κ2) is 6.84. The number of sulfonamides is 1. The molecule has 0 radical (unpaired) electrons. The van der Waals surface area contributed by atoms with Crippen LogP contribution in [0.5, 0.6) is 5.75 Å². The number of ether oxygens (including phenoxy) is 1. The minimum Gasteiger partial charge on any atom is -0.491 e. The fourth-order valence-electron chi connectivity index (χ4n) is 3.14. The first kappa shape index (κ1) is 18.0. The highest BCUT2D eigenvalue weighted by molar-refractivity contribution is 7.89. The first-order chi connectivity index (χ1) is 11.8. The van der Waals surface area contributed by atoms with Crippen molar-refractivity contribution in [3.63, 3.8) is 0 Å². The van der Waals surface area contributed by atoms with Gasteiger partial charge in [0.1, 0.15) is 5.75 Å². The van der Waals surface area contributed by atoms with E-state index in [1.54, 1.807) is 24.3 Å². The molecule has 1 heterocycles. The van der Waals surface area contributed by atoms with E-state index in [0.29, 0.717) is 18.3 Å². The molecule has 0 amide bonds. The van der Waals surface area contributed by atoms with Crippen LogP contribution in [-0.4, -0.2) is 19.1 Å². The molecule has 0 saturated heterocycles. The highest BCUT2D eigenvalue weighted by atomic mass is 32.2. The third-order valence-corrected chi connectivity index (χ3v) is 5.88. The van der Waals surface area contributed by atoms with Crippen molar-refractivity contribution in [2.75, 3.05) is 0 Å². The Hall–Kier alpha value is -1.79. The van der Waals surface area contributed by atoms with E-state index in [-0.39, 0.29) is 11.0 Å². The average Bonchev–Trinajstić information content (AvgIpc) is 3.32. The van der Waals surface area contributed by atoms with Gasteiger partial charge in [-0.2, -0.15) is 0 Å². The molecule has 0 unspecified atom stereocenters. The Morgan fingerprint density at radius 3 is 2.40 bits per heavy atom. The highest BCUT2D eigenvalue weighted by Crippen LogP contribution is 2.38. The van der Waals surface area contributed by atoms with Gasteiger partial charge in [0.2, 0.25) is 10.0 Å². The molecule has 1 aliphatic rings. The number of benzene rings is 1. The van der Waals surface area contributed by atoms with Crippen LogP contribution in [0, 0.1) is 13.8 Å². The van der Waals surface area contributed by atoms with Crippen LogP contribution in [0.15, 0.2) is 35.2 Å². The second-order valence-corrected chi connectivity index (χ2v) is 8.73. The molecule has 1 aromatic carbocycles. The molecule has 1 N–H and O–H groups in total. The van der Waals surface area contributed by atoms with E-state index in [0.717, 1.165) is 11.3 Å². The summed E-state index contributed by atoms with van der Waals surface area (Å²) in [6, 6.07) is 9.21. The summed E-state index contributed by atoms with van der Waals surface area (Å²) in [5, 5.41) is 0. The lowest BCUT2D eigenvalue weighted by molar-refractivity contribution is 0.242. The lowest BCUT2D eigenvalue weighted by atomic mass is 10.2. The van der Waals surface area contributed by atoms with E-state index < -0.39 is 10.0 Å². The zero-order valence-electron chi connectivity index (χ0n) is 15.2. The summed E-state index contributed by atoms with van der Waals surface area (Å²) in [6.45, 7) is 8.32. The first-order valence-corrected chi connectivity index (χ1v) is 10.2. The molecule has 5 nitrogen and oxygen atoms in total. The monoisotopic (exact) mass is 362 g/mol. The van der Waals surface area contributed by atoms with Crippen molar-refractivity contribution in [2.24, 2.45) is 0 Å². The lowest BCUT2D eigenvalue weighted by Gasteiger charge is -2.11. The smallest absolute Gasteiger partial charge is 0.240 e. The predicted molar refractivity (Wildman–Crippen MR) is 98.4 cm³/mol. The van der Waals surface area contributed by atoms with E-state index in [1.165, 1.54) is 18.5 Å². The van der Waals surface area contributed by atoms with Crippen molar-refractivity contribution in [3.05, 3.63) is 47.3 Å². The van der Waals surface area contributed by atoms with Crippen LogP contribution in [-0.2, 0) is 16.6 Å². The Balaban J connectivity index is 1.70. The Kier molecular flexibility index (Phi) is 4.93. The Bertz CT molecular complexity index is 848. The third kappa shape index (κ3) is 4.07. The van der Waals surface area contributed by atoms with Gasteiger partial charge in [-0.1, -0.05) is 0 Å². The van der Waals surface area contributed by atoms with Gasteiger partial charge in [-0.05, 0) is 76.4 Å². The van der Waals surface area contributed by atoms with Gasteiger partial charge in [-0.3, -0.25) is 0 Å². The fraction of sp³-hybridized carbons (Fsp3) is 0.474. The number of hydrogen-bond donors (Lipinski definition) is 1. The van der Waals surface area contributed by atoms with Crippen molar-refractivity contribution in [2.45, 2.75) is 64.1 Å². The minimum absolute atomic E-state index is 0.0577. The van der Waals surface area contributed by atoms with Gasteiger partial charge in [0.15, 0.2) is 0 Å². The third-order valence-electron chi connectivity index (χ3n) is 4.46. The van der Waals surface area contributed by atoms with Gasteiger partial charge in [-0.15, -0.1) is 0 Å². The molecular formula is C19H26N2O3S. The normalized spacial score (nSPS) is 14.9. The summed E-state index contributed by atoms with van der Waals surface area (Å²) in [6.07, 6.45) is 2.49. The quantitative estimate of drug-likeness (QED) is 0.817. The summed E-state index contributed by atoms with van der Waals surface area (Å²) in [4.78, 5) is 0.250. The molecule has 0 aliphatic heterocycles. The summed E-state index contributed by atoms with van der Waals surface area (Å²) >= 11 is 0. The number of rotatable bonds is 7. The number of nitrogens with one attached hydrogen (secondary N) is 1. The molecule has 25 heavy (non-hydrogen) atoms. The van der Waals surface area contributed by atoms with Crippen molar-refractivity contribution < 1.29 is 13.2 Å². The first-order valence-electron chi connectivity index (χ1n) is 8.71. The standard InChI is InChI=1S/C19H26N2O3S/c1-13(2)24-18-7-9-19(10-8-18)25(22,23)20-12-16-11-14(3)21(15(16)4)17-5-6-17/h7-11,13,17,20H,5-6,12H2,1-4H3. The Labute approximate surface area is 150 Å². The Morgan fingerprint density at radius 1 is 1.20 bits per heavy atom. The molecule has 1 aliphatic carbocycles. The van der Waals surface area contributed by atoms with Crippen LogP contribution < -0.4 is 9.46 Å². The number of aromatic nitrogens is 1. The average molecular weight is 362 g/mol. The van der Waals surface area contributed by atoms with Crippen molar-refractivity contribution >= 4 is 10.0 Å². The van der Waals surface area contributed by atoms with E-state index in [9.17, 15) is 8.42 Å². The second-order valence-electron chi connectivity index (χ2n) is 6.96. The van der Waals surface area contributed by atoms with Crippen LogP contribution in [0.3, 0.4) is 0 Å². The van der Waals surface area contributed by atoms with Gasteiger partial charge in [0.05, 0.1) is 11.0 Å². The number of nitrogens with zero attached hydrogens (tertiary/aromatic N) is 1. The lowest BCUT2D eigenvalue weighted by Crippen LogP contribution is -2.23. The van der Waals surface area contributed by atoms with Gasteiger partial charge in [-0.25, -0.2) is 13.1 Å². The fourth-order valence-corrected chi connectivity index (χ4v) is 4.15. The summed E-state index contributed by atoms with van der Waals surface area (Å²) < 4.78 is 35.6. The number of hydrogen-bond acceptors (Lipinski definition) is 3. The highest BCUT2D eigenvalue weighted by Gasteiger charge is 2.27. The summed E-state index contributed by atoms with van der Waals surface area (Å²) in [7, 11) is -3.54. The molecule has 0 bridgehead atoms. The van der Waals surface area contributed by atoms with Crippen LogP contribution >= 0.6 is 0 Å². The van der Waals surface area contributed by atoms with Crippen LogP contribution in [0.4, 0.5) is 0 Å². The van der Waals surface area contributed by atoms with Crippen LogP contribution in [0.1, 0.15) is 49.7 Å². The van der Waals surface area contributed by atoms with E-state index in [1.807, 2.05) is 13.8 Å². The molecule has 6 heteroatoms. The predicted octanol–water partition coefficient (Wildman–Crippen LogP) is 3.71. The van der Waals surface area contributed by atoms with Gasteiger partial charge < -0.3 is 9.30 Å². The van der Waals surface area contributed by atoms with Crippen molar-refractivity contribution in [3.8, 4) is 5.75 Å². The molecule has 1 fully saturated rings. The van der Waals surface area contributed by atoms with E-state index in [2.05, 4.69) is 29.2 Å². The molecule has 1 aromatic heterocycles. The van der Waals surface area contributed by atoms with E-state index >= 15 is 0 Å². The van der Waals surface area contributed by atoms with Gasteiger partial charge in [0, 0.05) is 24.0 Å². The molecule has 3 rings (SSSR count). The molecular weight excluding hydrogens is 336 g/mol. The van der Waals surface area contributed by atoms with Crippen molar-refractivity contribution in [1.29, 1.82) is 0 Å². The van der Waals surface area contributed by atoms with Crippen LogP contribution in [0.25, 0.3) is 0 Å². The maximum atomic E-state index is 12.5. The molecule has 0 spiro atoms. The maximum Gasteiger partial charge on any atom is 0.240 e. The largest absolute Gasteiger partial charge is 0.491 e.